The van der Waals surface area contributed by atoms with Crippen molar-refractivity contribution < 1.29 is 32.4 Å². The molecule has 0 aromatic heterocycles. The van der Waals surface area contributed by atoms with Crippen LogP contribution in [0.25, 0.3) is 0 Å². The van der Waals surface area contributed by atoms with Gasteiger partial charge in [0, 0.05) is 6.42 Å². The van der Waals surface area contributed by atoms with Crippen LogP contribution in [0.4, 0.5) is 0 Å². The van der Waals surface area contributed by atoms with Gasteiger partial charge in [-0.3, -0.25) is 9.35 Å². The van der Waals surface area contributed by atoms with Crippen molar-refractivity contribution in [2.45, 2.75) is 44.6 Å². The Labute approximate surface area is 99.5 Å². The zero-order valence-electron chi connectivity index (χ0n) is 9.84. The number of ketones is 1. The first-order valence-electron chi connectivity index (χ1n) is 4.96. The Morgan fingerprint density at radius 1 is 1.41 bits per heavy atom. The predicted molar refractivity (Wildman–Crippen MR) is 57.6 cm³/mol. The lowest BCUT2D eigenvalue weighted by Gasteiger charge is -2.21. The largest absolute Gasteiger partial charge is 0.441 e. The van der Waals surface area contributed by atoms with Gasteiger partial charge in [-0.25, -0.2) is 4.79 Å². The summed E-state index contributed by atoms with van der Waals surface area (Å²) in [5.41, 5.74) is -4.24. The summed E-state index contributed by atoms with van der Waals surface area (Å²) >= 11 is 0. The lowest BCUT2D eigenvalue weighted by molar-refractivity contribution is -0.170. The van der Waals surface area contributed by atoms with E-state index in [0.29, 0.717) is 6.42 Å². The van der Waals surface area contributed by atoms with Crippen molar-refractivity contribution in [3.05, 3.63) is 0 Å². The zero-order valence-corrected chi connectivity index (χ0v) is 10.7. The molecule has 0 radical (unpaired) electrons. The molecule has 7 nitrogen and oxygen atoms in total. The number of aliphatic hydroxyl groups is 1. The number of esters is 1. The van der Waals surface area contributed by atoms with Crippen molar-refractivity contribution in [3.8, 4) is 0 Å². The maximum atomic E-state index is 11.4. The average molecular weight is 268 g/mol. The van der Waals surface area contributed by atoms with Crippen molar-refractivity contribution in [3.63, 3.8) is 0 Å². The van der Waals surface area contributed by atoms with Crippen molar-refractivity contribution in [1.29, 1.82) is 0 Å². The molecule has 2 unspecified atom stereocenters. The monoisotopic (exact) mass is 268 g/mol. The molecule has 0 fully saturated rings. The molecule has 0 aliphatic heterocycles. The van der Waals surface area contributed by atoms with Gasteiger partial charge < -0.3 is 9.84 Å². The highest BCUT2D eigenvalue weighted by Gasteiger charge is 2.41. The van der Waals surface area contributed by atoms with E-state index in [1.54, 1.807) is 6.92 Å². The molecule has 0 bridgehead atoms. The highest BCUT2D eigenvalue weighted by atomic mass is 32.2. The number of carbonyl (C=O) groups is 2. The molecular weight excluding hydrogens is 252 g/mol. The molecule has 2 N–H and O–H groups in total. The van der Waals surface area contributed by atoms with E-state index in [9.17, 15) is 23.1 Å². The van der Waals surface area contributed by atoms with E-state index in [1.165, 1.54) is 0 Å². The molecule has 0 heterocycles. The highest BCUT2D eigenvalue weighted by Crippen LogP contribution is 2.14. The van der Waals surface area contributed by atoms with Crippen LogP contribution in [0.2, 0.25) is 0 Å². The minimum atomic E-state index is -4.56. The molecule has 0 saturated carbocycles. The van der Waals surface area contributed by atoms with E-state index < -0.39 is 32.9 Å². The van der Waals surface area contributed by atoms with Gasteiger partial charge in [0.05, 0.1) is 0 Å². The van der Waals surface area contributed by atoms with Crippen LogP contribution in [-0.2, 0) is 24.4 Å². The molecule has 17 heavy (non-hydrogen) atoms. The summed E-state index contributed by atoms with van der Waals surface area (Å²) in [4.78, 5) is 22.7. The molecule has 0 aliphatic rings. The third-order valence-electron chi connectivity index (χ3n) is 2.11. The summed E-state index contributed by atoms with van der Waals surface area (Å²) in [6.45, 7) is 3.51. The van der Waals surface area contributed by atoms with Crippen LogP contribution >= 0.6 is 0 Å². The standard InChI is InChI=1S/C9H16O7S/c1-4-5-7(10)9(3,12)8(11)16-6(2)17(13,14)15/h6,12H,4-5H2,1-3H3,(H,13,14,15). The lowest BCUT2D eigenvalue weighted by atomic mass is 9.98. The van der Waals surface area contributed by atoms with Crippen LogP contribution in [0.5, 0.6) is 0 Å². The minimum Gasteiger partial charge on any atom is -0.441 e. The van der Waals surface area contributed by atoms with E-state index in [4.69, 9.17) is 4.55 Å². The summed E-state index contributed by atoms with van der Waals surface area (Å²) in [7, 11) is -4.56. The van der Waals surface area contributed by atoms with E-state index in [2.05, 4.69) is 4.74 Å². The Morgan fingerprint density at radius 3 is 2.24 bits per heavy atom. The first-order valence-corrected chi connectivity index (χ1v) is 6.46. The minimum absolute atomic E-state index is 0.0393. The van der Waals surface area contributed by atoms with Gasteiger partial charge in [0.2, 0.25) is 11.0 Å². The molecular formula is C9H16O7S. The van der Waals surface area contributed by atoms with Crippen LogP contribution in [-0.4, -0.2) is 40.9 Å². The predicted octanol–water partition coefficient (Wildman–Crippen LogP) is -0.116. The molecule has 0 aliphatic carbocycles. The molecule has 8 heteroatoms. The fraction of sp³-hybridized carbons (Fsp3) is 0.778. The van der Waals surface area contributed by atoms with E-state index in [-0.39, 0.29) is 6.42 Å². The molecule has 0 rings (SSSR count). The third kappa shape index (κ3) is 4.41. The van der Waals surface area contributed by atoms with Gasteiger partial charge in [-0.15, -0.1) is 0 Å². The Kier molecular flexibility index (Phi) is 5.24. The first-order chi connectivity index (χ1) is 7.53. The quantitative estimate of drug-likeness (QED) is 0.391. The van der Waals surface area contributed by atoms with Crippen LogP contribution in [0.3, 0.4) is 0 Å². The smallest absolute Gasteiger partial charge is 0.347 e. The van der Waals surface area contributed by atoms with Crippen molar-refractivity contribution >= 4 is 21.9 Å². The Balaban J connectivity index is 4.77. The number of ether oxygens (including phenoxy) is 1. The summed E-state index contributed by atoms with van der Waals surface area (Å²) in [6.07, 6.45) is 0.387. The van der Waals surface area contributed by atoms with Gasteiger partial charge in [0.25, 0.3) is 0 Å². The second-order valence-electron chi connectivity index (χ2n) is 3.73. The van der Waals surface area contributed by atoms with Crippen molar-refractivity contribution in [2.75, 3.05) is 0 Å². The molecule has 2 atom stereocenters. The van der Waals surface area contributed by atoms with Crippen LogP contribution in [0.1, 0.15) is 33.6 Å². The Hall–Kier alpha value is -0.990. The second kappa shape index (κ2) is 5.56. The maximum absolute atomic E-state index is 11.4. The second-order valence-corrected chi connectivity index (χ2v) is 5.43. The summed E-state index contributed by atoms with van der Waals surface area (Å²) in [6, 6.07) is 0. The van der Waals surface area contributed by atoms with Gasteiger partial charge in [-0.2, -0.15) is 8.42 Å². The van der Waals surface area contributed by atoms with Crippen molar-refractivity contribution in [1.82, 2.24) is 0 Å². The third-order valence-corrected chi connectivity index (χ3v) is 3.05. The molecule has 0 aromatic rings. The summed E-state index contributed by atoms with van der Waals surface area (Å²) in [5.74, 6) is -2.17. The van der Waals surface area contributed by atoms with Gasteiger partial charge >= 0.3 is 16.1 Å². The van der Waals surface area contributed by atoms with Crippen LogP contribution < -0.4 is 0 Å². The number of hydrogen-bond donors (Lipinski definition) is 2. The van der Waals surface area contributed by atoms with Crippen LogP contribution in [0, 0.1) is 0 Å². The van der Waals surface area contributed by atoms with Gasteiger partial charge in [-0.1, -0.05) is 6.92 Å². The fourth-order valence-corrected chi connectivity index (χ4v) is 1.12. The SMILES string of the molecule is CCCC(=O)C(C)(O)C(=O)OC(C)S(=O)(=O)O. The Bertz CT molecular complexity index is 396. The topological polar surface area (TPSA) is 118 Å². The van der Waals surface area contributed by atoms with Gasteiger partial charge in [-0.05, 0) is 20.3 Å². The highest BCUT2D eigenvalue weighted by molar-refractivity contribution is 7.86. The molecule has 0 saturated heterocycles. The number of hydrogen-bond acceptors (Lipinski definition) is 6. The summed E-state index contributed by atoms with van der Waals surface area (Å²) < 4.78 is 34.1. The molecule has 0 aromatic carbocycles. The van der Waals surface area contributed by atoms with Gasteiger partial charge in [0.15, 0.2) is 5.78 Å². The van der Waals surface area contributed by atoms with E-state index in [0.717, 1.165) is 13.8 Å². The fourth-order valence-electron chi connectivity index (χ4n) is 0.911. The van der Waals surface area contributed by atoms with E-state index >= 15 is 0 Å². The Morgan fingerprint density at radius 2 is 1.88 bits per heavy atom. The zero-order chi connectivity index (χ0) is 13.9. The molecule has 100 valence electrons. The maximum Gasteiger partial charge on any atom is 0.347 e. The van der Waals surface area contributed by atoms with Crippen molar-refractivity contribution in [2.24, 2.45) is 0 Å². The number of carbonyl (C=O) groups excluding carboxylic acids is 2. The summed E-state index contributed by atoms with van der Waals surface area (Å²) in [5, 5.41) is 9.60. The first kappa shape index (κ1) is 16.0. The lowest BCUT2D eigenvalue weighted by Crippen LogP contribution is -2.46. The van der Waals surface area contributed by atoms with E-state index in [1.807, 2.05) is 0 Å². The number of Topliss-reactive ketones (excluding diaryl/α,β-unsaturated/α-hetero) is 1. The van der Waals surface area contributed by atoms with Gasteiger partial charge in [0.1, 0.15) is 0 Å². The average Bonchev–Trinajstić information content (AvgIpc) is 2.16. The molecule has 0 amide bonds. The normalized spacial score (nSPS) is 17.0. The van der Waals surface area contributed by atoms with Crippen LogP contribution in [0.15, 0.2) is 0 Å². The molecule has 0 spiro atoms. The number of rotatable bonds is 6.